The fourth-order valence-corrected chi connectivity index (χ4v) is 7.10. The summed E-state index contributed by atoms with van der Waals surface area (Å²) in [4.78, 5) is 15.2. The molecule has 35 heavy (non-hydrogen) atoms. The van der Waals surface area contributed by atoms with Crippen molar-refractivity contribution >= 4 is 20.8 Å². The van der Waals surface area contributed by atoms with Gasteiger partial charge in [0.15, 0.2) is 0 Å². The highest BCUT2D eigenvalue weighted by atomic mass is 32.2. The van der Waals surface area contributed by atoms with E-state index < -0.39 is 27.5 Å². The first-order valence-electron chi connectivity index (χ1n) is 12.2. The molecule has 1 fully saturated rings. The van der Waals surface area contributed by atoms with Crippen LogP contribution in [-0.4, -0.2) is 44.0 Å². The predicted molar refractivity (Wildman–Crippen MR) is 134 cm³/mol. The third-order valence-corrected chi connectivity index (χ3v) is 8.68. The monoisotopic (exact) mass is 500 g/mol. The number of benzene rings is 2. The van der Waals surface area contributed by atoms with Crippen molar-refractivity contribution < 1.29 is 22.3 Å². The van der Waals surface area contributed by atoms with Gasteiger partial charge in [-0.1, -0.05) is 61.7 Å². The zero-order chi connectivity index (χ0) is 25.1. The number of carbonyl (C=O) groups excluding carboxylic acids is 1. The Morgan fingerprint density at radius 1 is 1.09 bits per heavy atom. The topological polar surface area (TPSA) is 75.7 Å². The van der Waals surface area contributed by atoms with Crippen molar-refractivity contribution in [1.82, 2.24) is 9.62 Å². The van der Waals surface area contributed by atoms with Gasteiger partial charge in [-0.2, -0.15) is 0 Å². The van der Waals surface area contributed by atoms with Gasteiger partial charge in [-0.05, 0) is 55.5 Å². The molecule has 0 radical (unpaired) electrons. The Bertz CT molecular complexity index is 1170. The lowest BCUT2D eigenvalue weighted by molar-refractivity contribution is -0.142. The van der Waals surface area contributed by atoms with Gasteiger partial charge in [0.25, 0.3) is 5.91 Å². The number of hydrogen-bond donors (Lipinski definition) is 1. The van der Waals surface area contributed by atoms with E-state index in [1.54, 1.807) is 11.8 Å². The molecule has 2 aliphatic rings. The predicted octanol–water partition coefficient (Wildman–Crippen LogP) is 4.63. The molecule has 0 saturated heterocycles. The molecule has 1 unspecified atom stereocenters. The highest BCUT2D eigenvalue weighted by Gasteiger charge is 2.49. The van der Waals surface area contributed by atoms with Gasteiger partial charge in [-0.15, -0.1) is 0 Å². The van der Waals surface area contributed by atoms with E-state index in [4.69, 9.17) is 4.74 Å². The van der Waals surface area contributed by atoms with Crippen LogP contribution in [0.5, 0.6) is 0 Å². The molecular formula is C27H33FN2O4S. The molecule has 1 aliphatic carbocycles. The van der Waals surface area contributed by atoms with Gasteiger partial charge in [-0.3, -0.25) is 4.79 Å². The second kappa shape index (κ2) is 10.6. The molecule has 6 nitrogen and oxygen atoms in total. The van der Waals surface area contributed by atoms with E-state index in [9.17, 15) is 17.6 Å². The molecule has 1 aliphatic heterocycles. The largest absolute Gasteiger partial charge is 0.364 e. The number of nitrogens with zero attached hydrogens (tertiary/aromatic N) is 1. The van der Waals surface area contributed by atoms with Crippen molar-refractivity contribution in [3.8, 4) is 0 Å². The molecule has 4 rings (SSSR count). The van der Waals surface area contributed by atoms with Crippen LogP contribution in [0.3, 0.4) is 0 Å². The van der Waals surface area contributed by atoms with Gasteiger partial charge in [-0.25, -0.2) is 17.5 Å². The average molecular weight is 501 g/mol. The van der Waals surface area contributed by atoms with Crippen molar-refractivity contribution in [1.29, 1.82) is 0 Å². The van der Waals surface area contributed by atoms with Crippen molar-refractivity contribution in [3.63, 3.8) is 0 Å². The number of likely N-dealkylation sites (N-methyl/N-ethyl adjacent to an activating group) is 1. The number of ether oxygens (including phenoxy) is 1. The maximum atomic E-state index is 13.6. The molecule has 0 aromatic heterocycles. The fourth-order valence-electron chi connectivity index (χ4n) is 5.12. The van der Waals surface area contributed by atoms with Gasteiger partial charge in [0.1, 0.15) is 11.9 Å². The van der Waals surface area contributed by atoms with E-state index in [1.165, 1.54) is 24.3 Å². The number of hydrogen-bond acceptors (Lipinski definition) is 4. The van der Waals surface area contributed by atoms with E-state index in [-0.39, 0.29) is 17.4 Å². The number of rotatable bonds is 8. The number of halogens is 1. The lowest BCUT2D eigenvalue weighted by Gasteiger charge is -2.37. The van der Waals surface area contributed by atoms with Crippen molar-refractivity contribution in [2.24, 2.45) is 0 Å². The molecule has 188 valence electrons. The SMILES string of the molecule is CCN(CC1=C(c2ccc(F)cc2)S(=O)(=O)NC12CCCCC2)C(=O)C(C)OCc1ccccc1. The molecule has 1 heterocycles. The molecule has 1 saturated carbocycles. The molecular weight excluding hydrogens is 467 g/mol. The first-order chi connectivity index (χ1) is 16.8. The van der Waals surface area contributed by atoms with Gasteiger partial charge >= 0.3 is 0 Å². The van der Waals surface area contributed by atoms with Crippen LogP contribution in [0.2, 0.25) is 0 Å². The van der Waals surface area contributed by atoms with E-state index in [2.05, 4.69) is 4.72 Å². The molecule has 8 heteroatoms. The molecule has 2 aromatic carbocycles. The Labute approximate surface area is 207 Å². The molecule has 2 aromatic rings. The fraction of sp³-hybridized carbons (Fsp3) is 0.444. The van der Waals surface area contributed by atoms with E-state index >= 15 is 0 Å². The van der Waals surface area contributed by atoms with Crippen LogP contribution in [0.4, 0.5) is 4.39 Å². The Kier molecular flexibility index (Phi) is 7.73. The second-order valence-electron chi connectivity index (χ2n) is 9.35. The number of nitrogens with one attached hydrogen (secondary N) is 1. The van der Waals surface area contributed by atoms with Crippen molar-refractivity contribution in [2.45, 2.75) is 64.2 Å². The quantitative estimate of drug-likeness (QED) is 0.574. The van der Waals surface area contributed by atoms with Crippen LogP contribution in [0.1, 0.15) is 57.1 Å². The van der Waals surface area contributed by atoms with Gasteiger partial charge < -0.3 is 9.64 Å². The summed E-state index contributed by atoms with van der Waals surface area (Å²) < 4.78 is 49.2. The second-order valence-corrected chi connectivity index (χ2v) is 11.0. The van der Waals surface area contributed by atoms with Crippen LogP contribution in [0.15, 0.2) is 60.2 Å². The third kappa shape index (κ3) is 5.50. The lowest BCUT2D eigenvalue weighted by Crippen LogP contribution is -2.49. The Hall–Kier alpha value is -2.55. The summed E-state index contributed by atoms with van der Waals surface area (Å²) in [6.45, 7) is 4.50. The first-order valence-corrected chi connectivity index (χ1v) is 13.7. The highest BCUT2D eigenvalue weighted by molar-refractivity contribution is 7.99. The third-order valence-electron chi connectivity index (χ3n) is 7.00. The van der Waals surface area contributed by atoms with Crippen LogP contribution < -0.4 is 4.72 Å². The van der Waals surface area contributed by atoms with Crippen LogP contribution in [0.25, 0.3) is 4.91 Å². The molecule has 1 atom stereocenters. The van der Waals surface area contributed by atoms with Gasteiger partial charge in [0.05, 0.1) is 17.1 Å². The minimum atomic E-state index is -3.82. The number of sulfonamides is 1. The van der Waals surface area contributed by atoms with Gasteiger partial charge in [0.2, 0.25) is 10.0 Å². The summed E-state index contributed by atoms with van der Waals surface area (Å²) in [5.41, 5.74) is 1.38. The molecule has 1 N–H and O–H groups in total. The van der Waals surface area contributed by atoms with E-state index in [1.807, 2.05) is 37.3 Å². The summed E-state index contributed by atoms with van der Waals surface area (Å²) in [5.74, 6) is -0.619. The summed E-state index contributed by atoms with van der Waals surface area (Å²) >= 11 is 0. The molecule has 1 amide bonds. The Morgan fingerprint density at radius 2 is 1.74 bits per heavy atom. The smallest absolute Gasteiger partial charge is 0.251 e. The van der Waals surface area contributed by atoms with E-state index in [0.717, 1.165) is 24.8 Å². The van der Waals surface area contributed by atoms with E-state index in [0.29, 0.717) is 37.1 Å². The molecule has 1 spiro atoms. The first kappa shape index (κ1) is 25.5. The minimum Gasteiger partial charge on any atom is -0.364 e. The van der Waals surface area contributed by atoms with Crippen LogP contribution >= 0.6 is 0 Å². The molecule has 0 bridgehead atoms. The zero-order valence-electron chi connectivity index (χ0n) is 20.3. The summed E-state index contributed by atoms with van der Waals surface area (Å²) in [6.07, 6.45) is 3.52. The van der Waals surface area contributed by atoms with Crippen LogP contribution in [-0.2, 0) is 26.2 Å². The highest BCUT2D eigenvalue weighted by Crippen LogP contribution is 2.45. The summed E-state index contributed by atoms with van der Waals surface area (Å²) in [5, 5.41) is 0. The standard InChI is InChI=1S/C27H33FN2O4S/c1-3-30(26(31)20(2)34-19-21-10-6-4-7-11-21)18-24-25(22-12-14-23(28)15-13-22)35(32,33)29-27(24)16-8-5-9-17-27/h4,6-7,10-15,20,29H,3,5,8-9,16-19H2,1-2H3. The normalized spacial score (nSPS) is 19.6. The zero-order valence-corrected chi connectivity index (χ0v) is 21.1. The maximum Gasteiger partial charge on any atom is 0.251 e. The van der Waals surface area contributed by atoms with Crippen molar-refractivity contribution in [3.05, 3.63) is 77.1 Å². The minimum absolute atomic E-state index is 0.170. The van der Waals surface area contributed by atoms with Crippen LogP contribution in [0, 0.1) is 5.82 Å². The van der Waals surface area contributed by atoms with Gasteiger partial charge in [0, 0.05) is 13.1 Å². The maximum absolute atomic E-state index is 13.6. The average Bonchev–Trinajstić information content (AvgIpc) is 3.07. The summed E-state index contributed by atoms with van der Waals surface area (Å²) in [6, 6.07) is 15.2. The number of amides is 1. The van der Waals surface area contributed by atoms with Crippen molar-refractivity contribution in [2.75, 3.05) is 13.1 Å². The number of carbonyl (C=O) groups is 1. The Morgan fingerprint density at radius 3 is 2.37 bits per heavy atom. The lowest BCUT2D eigenvalue weighted by atomic mass is 9.76. The summed E-state index contributed by atoms with van der Waals surface area (Å²) in [7, 11) is -3.82. The Balaban J connectivity index is 1.65.